The van der Waals surface area contributed by atoms with Crippen molar-refractivity contribution in [2.75, 3.05) is 26.2 Å². The maximum Gasteiger partial charge on any atom is 0.0558 e. The molecule has 3 heteroatoms. The zero-order chi connectivity index (χ0) is 13.5. The third-order valence-electron chi connectivity index (χ3n) is 3.55. The van der Waals surface area contributed by atoms with E-state index in [1.165, 1.54) is 18.4 Å². The molecule has 0 bridgehead atoms. The van der Waals surface area contributed by atoms with Gasteiger partial charge in [0, 0.05) is 31.7 Å². The smallest absolute Gasteiger partial charge is 0.0558 e. The highest BCUT2D eigenvalue weighted by molar-refractivity contribution is 5.20. The quantitative estimate of drug-likeness (QED) is 0.666. The van der Waals surface area contributed by atoms with Gasteiger partial charge in [0.05, 0.1) is 6.61 Å². The average Bonchev–Trinajstić information content (AvgIpc) is 3.25. The van der Waals surface area contributed by atoms with Crippen LogP contribution >= 0.6 is 0 Å². The van der Waals surface area contributed by atoms with Gasteiger partial charge in [-0.2, -0.15) is 0 Å². The first-order valence-corrected chi connectivity index (χ1v) is 7.09. The van der Waals surface area contributed by atoms with Gasteiger partial charge in [0.25, 0.3) is 0 Å². The number of hydrogen-bond donors (Lipinski definition) is 2. The fourth-order valence-corrected chi connectivity index (χ4v) is 2.37. The molecule has 2 N–H and O–H groups in total. The topological polar surface area (TPSA) is 35.5 Å². The Labute approximate surface area is 115 Å². The van der Waals surface area contributed by atoms with Crippen LogP contribution in [0, 0.1) is 0 Å². The summed E-state index contributed by atoms with van der Waals surface area (Å²) in [6, 6.07) is 11.5. The van der Waals surface area contributed by atoms with E-state index in [-0.39, 0.29) is 6.61 Å². The number of nitrogens with one attached hydrogen (secondary N) is 1. The molecule has 1 atom stereocenters. The van der Waals surface area contributed by atoms with E-state index in [9.17, 15) is 5.11 Å². The summed E-state index contributed by atoms with van der Waals surface area (Å²) < 4.78 is 0. The van der Waals surface area contributed by atoms with Gasteiger partial charge < -0.3 is 10.4 Å². The summed E-state index contributed by atoms with van der Waals surface area (Å²) in [7, 11) is 0. The van der Waals surface area contributed by atoms with Crippen LogP contribution in [0.2, 0.25) is 0 Å². The summed E-state index contributed by atoms with van der Waals surface area (Å²) in [4.78, 5) is 2.28. The molecule has 2 rings (SSSR count). The van der Waals surface area contributed by atoms with Crippen molar-refractivity contribution >= 4 is 0 Å². The Morgan fingerprint density at radius 3 is 2.68 bits per heavy atom. The molecule has 0 amide bonds. The number of aliphatic hydroxyl groups excluding tert-OH is 1. The molecule has 104 valence electrons. The van der Waals surface area contributed by atoms with E-state index in [1.807, 2.05) is 12.1 Å². The molecule has 1 aliphatic rings. The Morgan fingerprint density at radius 1 is 1.37 bits per heavy atom. The van der Waals surface area contributed by atoms with Gasteiger partial charge in [-0.1, -0.05) is 36.4 Å². The second-order valence-corrected chi connectivity index (χ2v) is 5.12. The normalized spacial score (nSPS) is 16.5. The zero-order valence-corrected chi connectivity index (χ0v) is 11.5. The molecule has 1 unspecified atom stereocenters. The van der Waals surface area contributed by atoms with E-state index < -0.39 is 0 Å². The highest BCUT2D eigenvalue weighted by Crippen LogP contribution is 2.23. The maximum atomic E-state index is 9.25. The molecule has 19 heavy (non-hydrogen) atoms. The molecule has 1 aromatic rings. The molecule has 0 radical (unpaired) electrons. The third kappa shape index (κ3) is 4.46. The number of benzene rings is 1. The molecule has 3 nitrogen and oxygen atoms in total. The first kappa shape index (κ1) is 14.3. The SMILES string of the molecule is C=CCN(CCO)C(CNC1CC1)c1ccccc1. The number of hydrogen-bond acceptors (Lipinski definition) is 3. The molecule has 1 saturated carbocycles. The lowest BCUT2D eigenvalue weighted by Crippen LogP contribution is -2.38. The fraction of sp³-hybridized carbons (Fsp3) is 0.500. The van der Waals surface area contributed by atoms with Gasteiger partial charge in [-0.25, -0.2) is 0 Å². The summed E-state index contributed by atoms with van der Waals surface area (Å²) in [5, 5.41) is 12.8. The van der Waals surface area contributed by atoms with Crippen LogP contribution in [0.25, 0.3) is 0 Å². The summed E-state index contributed by atoms with van der Waals surface area (Å²) in [6.45, 7) is 6.41. The lowest BCUT2D eigenvalue weighted by Gasteiger charge is -2.31. The molecule has 0 aromatic heterocycles. The van der Waals surface area contributed by atoms with Gasteiger partial charge in [-0.3, -0.25) is 4.90 Å². The van der Waals surface area contributed by atoms with Crippen molar-refractivity contribution in [3.63, 3.8) is 0 Å². The molecule has 0 spiro atoms. The van der Waals surface area contributed by atoms with E-state index >= 15 is 0 Å². The first-order valence-electron chi connectivity index (χ1n) is 7.09. The van der Waals surface area contributed by atoms with E-state index in [0.29, 0.717) is 18.6 Å². The van der Waals surface area contributed by atoms with Gasteiger partial charge in [-0.15, -0.1) is 6.58 Å². The summed E-state index contributed by atoms with van der Waals surface area (Å²) in [6.07, 6.45) is 4.49. The molecule has 0 heterocycles. The number of rotatable bonds is 9. The van der Waals surface area contributed by atoms with Crippen molar-refractivity contribution in [1.29, 1.82) is 0 Å². The van der Waals surface area contributed by atoms with E-state index in [4.69, 9.17) is 0 Å². The van der Waals surface area contributed by atoms with Gasteiger partial charge in [-0.05, 0) is 18.4 Å². The van der Waals surface area contributed by atoms with Gasteiger partial charge in [0.2, 0.25) is 0 Å². The molecule has 1 aliphatic carbocycles. The van der Waals surface area contributed by atoms with Crippen LogP contribution in [0.15, 0.2) is 43.0 Å². The molecular formula is C16H24N2O. The molecule has 0 aliphatic heterocycles. The molecule has 1 fully saturated rings. The number of aliphatic hydroxyl groups is 1. The Kier molecular flexibility index (Phi) is 5.58. The van der Waals surface area contributed by atoms with Crippen molar-refractivity contribution < 1.29 is 5.11 Å². The minimum atomic E-state index is 0.181. The van der Waals surface area contributed by atoms with E-state index in [2.05, 4.69) is 41.1 Å². The monoisotopic (exact) mass is 260 g/mol. The second kappa shape index (κ2) is 7.43. The summed E-state index contributed by atoms with van der Waals surface area (Å²) in [5.41, 5.74) is 1.30. The van der Waals surface area contributed by atoms with Crippen molar-refractivity contribution in [2.45, 2.75) is 24.9 Å². The van der Waals surface area contributed by atoms with Gasteiger partial charge in [0.1, 0.15) is 0 Å². The molecule has 1 aromatic carbocycles. The fourth-order valence-electron chi connectivity index (χ4n) is 2.37. The maximum absolute atomic E-state index is 9.25. The predicted molar refractivity (Wildman–Crippen MR) is 79.1 cm³/mol. The first-order chi connectivity index (χ1) is 9.35. The standard InChI is InChI=1S/C16H24N2O/c1-2-10-18(11-12-19)16(13-17-15-8-9-15)14-6-4-3-5-7-14/h2-7,15-17,19H,1,8-13H2. The van der Waals surface area contributed by atoms with Crippen LogP contribution < -0.4 is 5.32 Å². The second-order valence-electron chi connectivity index (χ2n) is 5.12. The summed E-state index contributed by atoms with van der Waals surface area (Å²) >= 11 is 0. The van der Waals surface area contributed by atoms with Crippen LogP contribution in [0.1, 0.15) is 24.4 Å². The van der Waals surface area contributed by atoms with E-state index in [0.717, 1.165) is 13.1 Å². The zero-order valence-electron chi connectivity index (χ0n) is 11.5. The Morgan fingerprint density at radius 2 is 2.11 bits per heavy atom. The van der Waals surface area contributed by atoms with Crippen molar-refractivity contribution in [3.05, 3.63) is 48.6 Å². The number of nitrogens with zero attached hydrogens (tertiary/aromatic N) is 1. The van der Waals surface area contributed by atoms with Gasteiger partial charge in [0.15, 0.2) is 0 Å². The van der Waals surface area contributed by atoms with Crippen molar-refractivity contribution in [2.24, 2.45) is 0 Å². The lowest BCUT2D eigenvalue weighted by molar-refractivity contribution is 0.161. The minimum Gasteiger partial charge on any atom is -0.395 e. The lowest BCUT2D eigenvalue weighted by atomic mass is 10.0. The molecule has 0 saturated heterocycles. The van der Waals surface area contributed by atoms with Crippen molar-refractivity contribution in [1.82, 2.24) is 10.2 Å². The Balaban J connectivity index is 2.07. The molecular weight excluding hydrogens is 236 g/mol. The van der Waals surface area contributed by atoms with Gasteiger partial charge >= 0.3 is 0 Å². The Hall–Kier alpha value is -1.16. The third-order valence-corrected chi connectivity index (χ3v) is 3.55. The van der Waals surface area contributed by atoms with Crippen LogP contribution in [-0.2, 0) is 0 Å². The highest BCUT2D eigenvalue weighted by atomic mass is 16.3. The van der Waals surface area contributed by atoms with Crippen LogP contribution in [0.4, 0.5) is 0 Å². The highest BCUT2D eigenvalue weighted by Gasteiger charge is 2.24. The van der Waals surface area contributed by atoms with E-state index in [1.54, 1.807) is 0 Å². The van der Waals surface area contributed by atoms with Crippen LogP contribution in [-0.4, -0.2) is 42.3 Å². The predicted octanol–water partition coefficient (Wildman–Crippen LogP) is 1.96. The van der Waals surface area contributed by atoms with Crippen molar-refractivity contribution in [3.8, 4) is 0 Å². The van der Waals surface area contributed by atoms with Crippen LogP contribution in [0.3, 0.4) is 0 Å². The minimum absolute atomic E-state index is 0.181. The largest absolute Gasteiger partial charge is 0.395 e. The Bertz CT molecular complexity index is 376. The average molecular weight is 260 g/mol. The van der Waals surface area contributed by atoms with Crippen LogP contribution in [0.5, 0.6) is 0 Å². The summed E-state index contributed by atoms with van der Waals surface area (Å²) in [5.74, 6) is 0.